The van der Waals surface area contributed by atoms with E-state index < -0.39 is 24.4 Å². The third-order valence-electron chi connectivity index (χ3n) is 4.32. The summed E-state index contributed by atoms with van der Waals surface area (Å²) in [7, 11) is 3.33. The van der Waals surface area contributed by atoms with Crippen molar-refractivity contribution in [1.82, 2.24) is 4.90 Å². The highest BCUT2D eigenvalue weighted by Gasteiger charge is 2.26. The Morgan fingerprint density at radius 1 is 1.00 bits per heavy atom. The Labute approximate surface area is 175 Å². The monoisotopic (exact) mass is 416 g/mol. The molecular formula is C22H25ClN2O4. The van der Waals surface area contributed by atoms with Crippen LogP contribution in [0.15, 0.2) is 48.5 Å². The molecule has 0 aliphatic rings. The number of anilines is 1. The summed E-state index contributed by atoms with van der Waals surface area (Å²) in [6.07, 6.45) is 0. The van der Waals surface area contributed by atoms with Crippen LogP contribution in [0, 0.1) is 5.92 Å². The third-order valence-corrected chi connectivity index (χ3v) is 4.57. The Balaban J connectivity index is 1.94. The van der Waals surface area contributed by atoms with Crippen LogP contribution in [0.1, 0.15) is 35.7 Å². The lowest BCUT2D eigenvalue weighted by Gasteiger charge is -2.20. The molecule has 0 fully saturated rings. The van der Waals surface area contributed by atoms with Gasteiger partial charge in [-0.2, -0.15) is 0 Å². The van der Waals surface area contributed by atoms with E-state index in [9.17, 15) is 14.4 Å². The molecule has 154 valence electrons. The number of rotatable bonds is 7. The Bertz CT molecular complexity index is 861. The van der Waals surface area contributed by atoms with Crippen LogP contribution in [0.5, 0.6) is 0 Å². The van der Waals surface area contributed by atoms with Gasteiger partial charge in [-0.15, -0.1) is 0 Å². The molecule has 1 atom stereocenters. The highest BCUT2D eigenvalue weighted by atomic mass is 35.5. The number of esters is 1. The van der Waals surface area contributed by atoms with E-state index in [1.807, 2.05) is 13.8 Å². The van der Waals surface area contributed by atoms with E-state index in [1.165, 1.54) is 4.90 Å². The number of nitrogens with one attached hydrogen (secondary N) is 1. The molecule has 2 aromatic rings. The second-order valence-corrected chi connectivity index (χ2v) is 7.64. The van der Waals surface area contributed by atoms with Crippen LogP contribution in [0.25, 0.3) is 0 Å². The quantitative estimate of drug-likeness (QED) is 0.693. The first-order valence-electron chi connectivity index (χ1n) is 9.22. The Kier molecular flexibility index (Phi) is 7.79. The molecule has 0 aliphatic heterocycles. The van der Waals surface area contributed by atoms with Crippen molar-refractivity contribution in [2.75, 3.05) is 26.0 Å². The number of hydrogen-bond donors (Lipinski definition) is 1. The average molecular weight is 417 g/mol. The minimum atomic E-state index is -0.489. The molecule has 0 spiro atoms. The zero-order valence-corrected chi connectivity index (χ0v) is 17.7. The first-order valence-corrected chi connectivity index (χ1v) is 9.60. The van der Waals surface area contributed by atoms with E-state index in [1.54, 1.807) is 62.6 Å². The van der Waals surface area contributed by atoms with Crippen molar-refractivity contribution in [1.29, 1.82) is 0 Å². The lowest BCUT2D eigenvalue weighted by Crippen LogP contribution is -2.26. The molecule has 0 aromatic heterocycles. The molecular weight excluding hydrogens is 392 g/mol. The van der Waals surface area contributed by atoms with Crippen molar-refractivity contribution in [3.63, 3.8) is 0 Å². The largest absolute Gasteiger partial charge is 0.455 e. The van der Waals surface area contributed by atoms with Gasteiger partial charge in [0.2, 0.25) is 0 Å². The Morgan fingerprint density at radius 3 is 2.10 bits per heavy atom. The van der Waals surface area contributed by atoms with Crippen LogP contribution in [0.3, 0.4) is 0 Å². The number of nitrogens with zero attached hydrogens (tertiary/aromatic N) is 1. The zero-order valence-electron chi connectivity index (χ0n) is 16.9. The normalized spacial score (nSPS) is 11.7. The first-order chi connectivity index (χ1) is 13.7. The molecule has 0 aliphatic carbocycles. The number of hydrogen-bond acceptors (Lipinski definition) is 4. The van der Waals surface area contributed by atoms with Gasteiger partial charge in [0.05, 0.1) is 5.92 Å². The van der Waals surface area contributed by atoms with Crippen LogP contribution in [-0.4, -0.2) is 43.4 Å². The topological polar surface area (TPSA) is 75.7 Å². The predicted molar refractivity (Wildman–Crippen MR) is 113 cm³/mol. The maximum atomic E-state index is 12.5. The number of carbonyl (C=O) groups is 3. The van der Waals surface area contributed by atoms with Crippen LogP contribution in [-0.2, 0) is 14.3 Å². The summed E-state index contributed by atoms with van der Waals surface area (Å²) in [6, 6.07) is 13.5. The zero-order chi connectivity index (χ0) is 21.6. The maximum Gasteiger partial charge on any atom is 0.314 e. The third kappa shape index (κ3) is 6.32. The van der Waals surface area contributed by atoms with E-state index in [0.29, 0.717) is 16.3 Å². The van der Waals surface area contributed by atoms with Gasteiger partial charge in [0.25, 0.3) is 11.8 Å². The van der Waals surface area contributed by atoms with Crippen LogP contribution < -0.4 is 5.32 Å². The molecule has 29 heavy (non-hydrogen) atoms. The predicted octanol–water partition coefficient (Wildman–Crippen LogP) is 3.96. The molecule has 0 heterocycles. The maximum absolute atomic E-state index is 12.5. The van der Waals surface area contributed by atoms with Gasteiger partial charge in [-0.1, -0.05) is 37.6 Å². The summed E-state index contributed by atoms with van der Waals surface area (Å²) in [4.78, 5) is 38.0. The second kappa shape index (κ2) is 10.1. The van der Waals surface area contributed by atoms with Crippen molar-refractivity contribution in [3.05, 3.63) is 64.7 Å². The van der Waals surface area contributed by atoms with Gasteiger partial charge >= 0.3 is 5.97 Å². The first kappa shape index (κ1) is 22.4. The summed E-state index contributed by atoms with van der Waals surface area (Å²) in [5.74, 6) is -1.54. The summed E-state index contributed by atoms with van der Waals surface area (Å²) >= 11 is 5.91. The van der Waals surface area contributed by atoms with Gasteiger partial charge in [-0.05, 0) is 47.9 Å². The Hall–Kier alpha value is -2.86. The van der Waals surface area contributed by atoms with E-state index in [4.69, 9.17) is 16.3 Å². The fourth-order valence-corrected chi connectivity index (χ4v) is 2.97. The molecule has 1 N–H and O–H groups in total. The molecule has 2 rings (SSSR count). The van der Waals surface area contributed by atoms with Crippen molar-refractivity contribution in [2.45, 2.75) is 19.8 Å². The van der Waals surface area contributed by atoms with E-state index in [2.05, 4.69) is 5.32 Å². The smallest absolute Gasteiger partial charge is 0.314 e. The molecule has 0 unspecified atom stereocenters. The second-order valence-electron chi connectivity index (χ2n) is 7.21. The van der Waals surface area contributed by atoms with Crippen molar-refractivity contribution in [3.8, 4) is 0 Å². The molecule has 0 radical (unpaired) electrons. The van der Waals surface area contributed by atoms with Crippen molar-refractivity contribution >= 4 is 35.1 Å². The highest BCUT2D eigenvalue weighted by Crippen LogP contribution is 2.27. The standard InChI is InChI=1S/C22H25ClN2O4/c1-14(2)20(15-5-9-17(23)10-6-15)22(28)29-13-19(26)24-18-11-7-16(8-12-18)21(27)25(3)4/h5-12,14,20H,13H2,1-4H3,(H,24,26)/t20-/m0/s1. The highest BCUT2D eigenvalue weighted by molar-refractivity contribution is 6.30. The minimum Gasteiger partial charge on any atom is -0.455 e. The molecule has 0 saturated heterocycles. The lowest BCUT2D eigenvalue weighted by atomic mass is 9.88. The van der Waals surface area contributed by atoms with Gasteiger partial charge in [0, 0.05) is 30.4 Å². The number of ether oxygens (including phenoxy) is 1. The van der Waals surface area contributed by atoms with Gasteiger partial charge in [-0.3, -0.25) is 14.4 Å². The fraction of sp³-hybridized carbons (Fsp3) is 0.318. The molecule has 0 bridgehead atoms. The summed E-state index contributed by atoms with van der Waals surface area (Å²) < 4.78 is 5.23. The van der Waals surface area contributed by atoms with Gasteiger partial charge < -0.3 is 15.0 Å². The number of benzene rings is 2. The van der Waals surface area contributed by atoms with E-state index in [0.717, 1.165) is 5.56 Å². The van der Waals surface area contributed by atoms with Gasteiger partial charge in [-0.25, -0.2) is 0 Å². The summed E-state index contributed by atoms with van der Waals surface area (Å²) in [6.45, 7) is 3.43. The summed E-state index contributed by atoms with van der Waals surface area (Å²) in [5.41, 5.74) is 1.82. The van der Waals surface area contributed by atoms with Gasteiger partial charge in [0.15, 0.2) is 6.61 Å². The Morgan fingerprint density at radius 2 is 1.59 bits per heavy atom. The van der Waals surface area contributed by atoms with E-state index in [-0.39, 0.29) is 11.8 Å². The van der Waals surface area contributed by atoms with Crippen LogP contribution >= 0.6 is 11.6 Å². The van der Waals surface area contributed by atoms with Crippen LogP contribution in [0.2, 0.25) is 5.02 Å². The lowest BCUT2D eigenvalue weighted by molar-refractivity contribution is -0.149. The number of amides is 2. The number of halogens is 1. The molecule has 0 saturated carbocycles. The van der Waals surface area contributed by atoms with Gasteiger partial charge in [0.1, 0.15) is 0 Å². The SMILES string of the molecule is CC(C)[C@H](C(=O)OCC(=O)Nc1ccc(C(=O)N(C)C)cc1)c1ccc(Cl)cc1. The molecule has 2 amide bonds. The molecule has 7 heteroatoms. The van der Waals surface area contributed by atoms with E-state index >= 15 is 0 Å². The average Bonchev–Trinajstić information content (AvgIpc) is 2.68. The molecule has 2 aromatic carbocycles. The minimum absolute atomic E-state index is 0.00600. The summed E-state index contributed by atoms with van der Waals surface area (Å²) in [5, 5.41) is 3.23. The fourth-order valence-electron chi connectivity index (χ4n) is 2.84. The molecule has 6 nitrogen and oxygen atoms in total. The van der Waals surface area contributed by atoms with Crippen molar-refractivity contribution in [2.24, 2.45) is 5.92 Å². The van der Waals surface area contributed by atoms with Crippen LogP contribution in [0.4, 0.5) is 5.69 Å². The van der Waals surface area contributed by atoms with Crippen molar-refractivity contribution < 1.29 is 19.1 Å². The number of carbonyl (C=O) groups excluding carboxylic acids is 3.